The second-order valence-electron chi connectivity index (χ2n) is 6.41. The van der Waals surface area contributed by atoms with Crippen LogP contribution in [0.3, 0.4) is 0 Å². The Hall–Kier alpha value is -0.970. The van der Waals surface area contributed by atoms with Crippen LogP contribution in [0.15, 0.2) is 24.3 Å². The third kappa shape index (κ3) is 5.34. The first-order valence-electron chi connectivity index (χ1n) is 7.85. The van der Waals surface area contributed by atoms with Crippen molar-refractivity contribution in [3.05, 3.63) is 24.3 Å². The molecule has 1 heterocycles. The van der Waals surface area contributed by atoms with Gasteiger partial charge in [-0.15, -0.1) is 12.4 Å². The van der Waals surface area contributed by atoms with Crippen molar-refractivity contribution in [3.63, 3.8) is 0 Å². The fourth-order valence-electron chi connectivity index (χ4n) is 2.77. The van der Waals surface area contributed by atoms with E-state index < -0.39 is 0 Å². The summed E-state index contributed by atoms with van der Waals surface area (Å²) in [6.07, 6.45) is 1.07. The second-order valence-corrected chi connectivity index (χ2v) is 6.41. The molecular weight excluding hydrogens is 300 g/mol. The number of nitrogens with zero attached hydrogens (tertiary/aromatic N) is 1. The van der Waals surface area contributed by atoms with Crippen LogP contribution in [0.4, 0.5) is 0 Å². The van der Waals surface area contributed by atoms with Crippen LogP contribution in [0.5, 0.6) is 11.5 Å². The van der Waals surface area contributed by atoms with Crippen LogP contribution < -0.4 is 15.2 Å². The molecule has 1 aliphatic heterocycles. The Balaban J connectivity index is 0.00000242. The van der Waals surface area contributed by atoms with Crippen LogP contribution in [-0.2, 0) is 0 Å². The minimum absolute atomic E-state index is 0. The highest BCUT2D eigenvalue weighted by molar-refractivity contribution is 5.85. The molecule has 5 heteroatoms. The number of rotatable bonds is 6. The number of hydrogen-bond donors (Lipinski definition) is 1. The van der Waals surface area contributed by atoms with Crippen molar-refractivity contribution in [1.82, 2.24) is 4.90 Å². The largest absolute Gasteiger partial charge is 0.494 e. The fraction of sp³-hybridized carbons (Fsp3) is 0.647. The van der Waals surface area contributed by atoms with Crippen LogP contribution in [-0.4, -0.2) is 43.8 Å². The van der Waals surface area contributed by atoms with Gasteiger partial charge in [0.05, 0.1) is 6.61 Å². The van der Waals surface area contributed by atoms with E-state index in [0.29, 0.717) is 19.3 Å². The summed E-state index contributed by atoms with van der Waals surface area (Å²) in [7, 11) is 0. The highest BCUT2D eigenvalue weighted by Gasteiger charge is 2.32. The minimum atomic E-state index is 0. The molecule has 1 unspecified atom stereocenters. The first-order chi connectivity index (χ1) is 10.0. The van der Waals surface area contributed by atoms with Crippen LogP contribution in [0, 0.1) is 5.41 Å². The highest BCUT2D eigenvalue weighted by atomic mass is 35.5. The van der Waals surface area contributed by atoms with E-state index in [9.17, 15) is 0 Å². The number of hydrogen-bond acceptors (Lipinski definition) is 4. The summed E-state index contributed by atoms with van der Waals surface area (Å²) in [5.74, 6) is 1.78. The first kappa shape index (κ1) is 19.1. The molecule has 0 aliphatic carbocycles. The normalized spacial score (nSPS) is 21.0. The maximum Gasteiger partial charge on any atom is 0.119 e. The van der Waals surface area contributed by atoms with Crippen LogP contribution in [0.25, 0.3) is 0 Å². The Morgan fingerprint density at radius 2 is 1.77 bits per heavy atom. The molecule has 2 N–H and O–H groups in total. The number of benzene rings is 1. The van der Waals surface area contributed by atoms with Gasteiger partial charge in [0, 0.05) is 19.1 Å². The van der Waals surface area contributed by atoms with E-state index in [0.717, 1.165) is 37.6 Å². The number of ether oxygens (including phenoxy) is 2. The predicted octanol–water partition coefficient (Wildman–Crippen LogP) is 2.95. The minimum Gasteiger partial charge on any atom is -0.494 e. The molecule has 0 radical (unpaired) electrons. The molecule has 0 aromatic heterocycles. The summed E-state index contributed by atoms with van der Waals surface area (Å²) in [5.41, 5.74) is 6.36. The number of piperidine rings is 1. The zero-order valence-corrected chi connectivity index (χ0v) is 14.7. The molecule has 0 bridgehead atoms. The molecule has 4 nitrogen and oxygen atoms in total. The molecule has 0 amide bonds. The summed E-state index contributed by atoms with van der Waals surface area (Å²) in [5, 5.41) is 0. The maximum absolute atomic E-state index is 6.16. The Morgan fingerprint density at radius 1 is 1.18 bits per heavy atom. The lowest BCUT2D eigenvalue weighted by Gasteiger charge is -2.42. The molecule has 1 aliphatic rings. The van der Waals surface area contributed by atoms with Gasteiger partial charge < -0.3 is 15.2 Å². The van der Waals surface area contributed by atoms with Crippen molar-refractivity contribution in [3.8, 4) is 11.5 Å². The molecule has 22 heavy (non-hydrogen) atoms. The maximum atomic E-state index is 6.16. The predicted molar refractivity (Wildman–Crippen MR) is 93.2 cm³/mol. The van der Waals surface area contributed by atoms with Crippen LogP contribution in [0.1, 0.15) is 27.2 Å². The van der Waals surface area contributed by atoms with Gasteiger partial charge in [-0.05, 0) is 49.6 Å². The number of nitrogens with two attached hydrogens (primary N) is 1. The van der Waals surface area contributed by atoms with Gasteiger partial charge in [0.1, 0.15) is 18.1 Å². The molecule has 1 saturated heterocycles. The molecule has 0 saturated carbocycles. The Labute approximate surface area is 140 Å². The van der Waals surface area contributed by atoms with Gasteiger partial charge in [-0.2, -0.15) is 0 Å². The molecule has 1 aromatic rings. The second kappa shape index (κ2) is 8.61. The Bertz CT molecular complexity index is 437. The lowest BCUT2D eigenvalue weighted by molar-refractivity contribution is 0.0831. The fourth-order valence-corrected chi connectivity index (χ4v) is 2.77. The quantitative estimate of drug-likeness (QED) is 0.872. The third-order valence-electron chi connectivity index (χ3n) is 4.20. The average molecular weight is 329 g/mol. The smallest absolute Gasteiger partial charge is 0.119 e. The van der Waals surface area contributed by atoms with E-state index in [1.165, 1.54) is 0 Å². The van der Waals surface area contributed by atoms with Crippen molar-refractivity contribution in [2.24, 2.45) is 11.1 Å². The molecule has 1 fully saturated rings. The van der Waals surface area contributed by atoms with Gasteiger partial charge in [0.2, 0.25) is 0 Å². The van der Waals surface area contributed by atoms with Gasteiger partial charge in [-0.3, -0.25) is 4.90 Å². The topological polar surface area (TPSA) is 47.7 Å². The summed E-state index contributed by atoms with van der Waals surface area (Å²) in [6, 6.07) is 8.12. The molecule has 126 valence electrons. The Morgan fingerprint density at radius 3 is 2.32 bits per heavy atom. The van der Waals surface area contributed by atoms with Crippen molar-refractivity contribution in [2.75, 3.05) is 32.8 Å². The monoisotopic (exact) mass is 328 g/mol. The van der Waals surface area contributed by atoms with Crippen molar-refractivity contribution >= 4 is 12.4 Å². The van der Waals surface area contributed by atoms with Crippen LogP contribution in [0.2, 0.25) is 0 Å². The van der Waals surface area contributed by atoms with E-state index in [1.54, 1.807) is 0 Å². The van der Waals surface area contributed by atoms with E-state index in [2.05, 4.69) is 18.7 Å². The third-order valence-corrected chi connectivity index (χ3v) is 4.20. The van der Waals surface area contributed by atoms with Gasteiger partial charge in [-0.1, -0.05) is 13.8 Å². The van der Waals surface area contributed by atoms with Crippen molar-refractivity contribution in [1.29, 1.82) is 0 Å². The van der Waals surface area contributed by atoms with E-state index in [1.807, 2.05) is 31.2 Å². The van der Waals surface area contributed by atoms with E-state index in [4.69, 9.17) is 15.2 Å². The summed E-state index contributed by atoms with van der Waals surface area (Å²) >= 11 is 0. The number of halogens is 1. The van der Waals surface area contributed by atoms with Crippen molar-refractivity contribution < 1.29 is 9.47 Å². The lowest BCUT2D eigenvalue weighted by atomic mass is 9.80. The van der Waals surface area contributed by atoms with E-state index in [-0.39, 0.29) is 17.8 Å². The molecule has 1 atom stereocenters. The molecular formula is C17H29ClN2O2. The lowest BCUT2D eigenvalue weighted by Crippen LogP contribution is -2.53. The van der Waals surface area contributed by atoms with Crippen molar-refractivity contribution in [2.45, 2.75) is 33.2 Å². The standard InChI is InChI=1S/C17H28N2O2.ClH/c1-4-20-14-5-7-15(8-6-14)21-12-11-19-10-9-16(18)17(2,3)13-19;/h5-8,16H,4,9-13,18H2,1-3H3;1H. The van der Waals surface area contributed by atoms with Gasteiger partial charge in [0.25, 0.3) is 0 Å². The first-order valence-corrected chi connectivity index (χ1v) is 7.85. The average Bonchev–Trinajstić information content (AvgIpc) is 2.45. The molecule has 2 rings (SSSR count). The SMILES string of the molecule is CCOc1ccc(OCCN2CCC(N)C(C)(C)C2)cc1.Cl. The van der Waals surface area contributed by atoms with Crippen LogP contribution >= 0.6 is 12.4 Å². The summed E-state index contributed by atoms with van der Waals surface area (Å²) < 4.78 is 11.2. The summed E-state index contributed by atoms with van der Waals surface area (Å²) in [6.45, 7) is 10.9. The van der Waals surface area contributed by atoms with Gasteiger partial charge in [0.15, 0.2) is 0 Å². The Kier molecular flexibility index (Phi) is 7.46. The number of likely N-dealkylation sites (tertiary alicyclic amines) is 1. The molecule has 1 aromatic carbocycles. The van der Waals surface area contributed by atoms with E-state index >= 15 is 0 Å². The van der Waals surface area contributed by atoms with Gasteiger partial charge >= 0.3 is 0 Å². The zero-order chi connectivity index (χ0) is 15.3. The highest BCUT2D eigenvalue weighted by Crippen LogP contribution is 2.27. The molecule has 0 spiro atoms. The summed E-state index contributed by atoms with van der Waals surface area (Å²) in [4.78, 5) is 2.44. The van der Waals surface area contributed by atoms with Gasteiger partial charge in [-0.25, -0.2) is 0 Å². The zero-order valence-electron chi connectivity index (χ0n) is 13.9.